The molecule has 3 heteroatoms. The van der Waals surface area contributed by atoms with Crippen LogP contribution in [0.3, 0.4) is 0 Å². The third-order valence-electron chi connectivity index (χ3n) is 3.77. The number of benzene rings is 1. The van der Waals surface area contributed by atoms with Crippen LogP contribution in [-0.4, -0.2) is 38.3 Å². The van der Waals surface area contributed by atoms with Crippen LogP contribution in [0.2, 0.25) is 0 Å². The van der Waals surface area contributed by atoms with Gasteiger partial charge < -0.3 is 15.4 Å². The highest BCUT2D eigenvalue weighted by molar-refractivity contribution is 5.43. The summed E-state index contributed by atoms with van der Waals surface area (Å²) in [5.41, 5.74) is 8.39. The average molecular weight is 248 g/mol. The van der Waals surface area contributed by atoms with Gasteiger partial charge in [-0.3, -0.25) is 0 Å². The number of hydrogen-bond donors (Lipinski definition) is 1. The molecule has 0 bridgehead atoms. The zero-order valence-corrected chi connectivity index (χ0v) is 11.5. The van der Waals surface area contributed by atoms with E-state index in [1.807, 2.05) is 19.1 Å². The smallest absolute Gasteiger partial charge is 0.0593 e. The van der Waals surface area contributed by atoms with Gasteiger partial charge in [0.15, 0.2) is 0 Å². The van der Waals surface area contributed by atoms with E-state index < -0.39 is 0 Å². The van der Waals surface area contributed by atoms with Crippen LogP contribution in [0.1, 0.15) is 25.3 Å². The Morgan fingerprint density at radius 1 is 1.28 bits per heavy atom. The summed E-state index contributed by atoms with van der Waals surface area (Å²) in [7, 11) is 2.18. The van der Waals surface area contributed by atoms with Crippen molar-refractivity contribution in [2.24, 2.45) is 0 Å². The lowest BCUT2D eigenvalue weighted by molar-refractivity contribution is 0.119. The van der Waals surface area contributed by atoms with Crippen molar-refractivity contribution in [2.75, 3.05) is 39.1 Å². The lowest BCUT2D eigenvalue weighted by Gasteiger charge is -2.24. The van der Waals surface area contributed by atoms with E-state index in [2.05, 4.69) is 24.1 Å². The molecule has 1 saturated carbocycles. The Kier molecular flexibility index (Phi) is 4.25. The van der Waals surface area contributed by atoms with E-state index in [0.29, 0.717) is 5.41 Å². The van der Waals surface area contributed by atoms with Gasteiger partial charge in [-0.1, -0.05) is 12.1 Å². The summed E-state index contributed by atoms with van der Waals surface area (Å²) < 4.78 is 5.40. The number of rotatable bonds is 7. The minimum atomic E-state index is 0.370. The van der Waals surface area contributed by atoms with Crippen molar-refractivity contribution in [3.63, 3.8) is 0 Å². The maximum Gasteiger partial charge on any atom is 0.0593 e. The average Bonchev–Trinajstić information content (AvgIpc) is 3.11. The lowest BCUT2D eigenvalue weighted by Crippen LogP contribution is -2.32. The summed E-state index contributed by atoms with van der Waals surface area (Å²) in [6.45, 7) is 5.78. The number of hydrogen-bond acceptors (Lipinski definition) is 3. The standard InChI is InChI=1S/C15H24N2O/c1-3-18-11-10-17(2)12-15(8-9-15)13-4-6-14(16)7-5-13/h4-7H,3,8-12,16H2,1-2H3. The first-order valence-corrected chi connectivity index (χ1v) is 6.78. The summed E-state index contributed by atoms with van der Waals surface area (Å²) in [5.74, 6) is 0. The van der Waals surface area contributed by atoms with Gasteiger partial charge in [0.1, 0.15) is 0 Å². The first kappa shape index (κ1) is 13.4. The number of nitrogen functional groups attached to an aromatic ring is 1. The molecule has 0 atom stereocenters. The first-order valence-electron chi connectivity index (χ1n) is 6.78. The maximum atomic E-state index is 5.75. The normalized spacial score (nSPS) is 17.1. The zero-order valence-electron chi connectivity index (χ0n) is 11.5. The summed E-state index contributed by atoms with van der Waals surface area (Å²) in [4.78, 5) is 2.37. The van der Waals surface area contributed by atoms with Crippen molar-refractivity contribution in [3.8, 4) is 0 Å². The van der Waals surface area contributed by atoms with Gasteiger partial charge in [0, 0.05) is 30.8 Å². The second-order valence-corrected chi connectivity index (χ2v) is 5.34. The Hall–Kier alpha value is -1.06. The van der Waals surface area contributed by atoms with Gasteiger partial charge in [-0.2, -0.15) is 0 Å². The molecule has 1 fully saturated rings. The third-order valence-corrected chi connectivity index (χ3v) is 3.77. The summed E-state index contributed by atoms with van der Waals surface area (Å²) in [6, 6.07) is 8.38. The lowest BCUT2D eigenvalue weighted by atomic mass is 9.95. The highest BCUT2D eigenvalue weighted by atomic mass is 16.5. The Balaban J connectivity index is 1.89. The van der Waals surface area contributed by atoms with Gasteiger partial charge in [0.05, 0.1) is 6.61 Å². The van der Waals surface area contributed by atoms with Crippen molar-refractivity contribution < 1.29 is 4.74 Å². The molecule has 0 aliphatic heterocycles. The van der Waals surface area contributed by atoms with E-state index >= 15 is 0 Å². The van der Waals surface area contributed by atoms with E-state index in [9.17, 15) is 0 Å². The highest BCUT2D eigenvalue weighted by Crippen LogP contribution is 2.48. The minimum absolute atomic E-state index is 0.370. The molecule has 1 aromatic carbocycles. The van der Waals surface area contributed by atoms with Gasteiger partial charge in [-0.25, -0.2) is 0 Å². The molecule has 0 radical (unpaired) electrons. The molecular weight excluding hydrogens is 224 g/mol. The van der Waals surface area contributed by atoms with E-state index in [-0.39, 0.29) is 0 Å². The Bertz CT molecular complexity index is 371. The largest absolute Gasteiger partial charge is 0.399 e. The number of ether oxygens (including phenoxy) is 1. The Morgan fingerprint density at radius 3 is 2.50 bits per heavy atom. The molecular formula is C15H24N2O. The molecule has 3 nitrogen and oxygen atoms in total. The molecule has 1 aliphatic rings. The molecule has 0 unspecified atom stereocenters. The van der Waals surface area contributed by atoms with E-state index in [4.69, 9.17) is 10.5 Å². The molecule has 2 rings (SSSR count). The van der Waals surface area contributed by atoms with Crippen LogP contribution in [-0.2, 0) is 10.2 Å². The van der Waals surface area contributed by atoms with Gasteiger partial charge in [-0.15, -0.1) is 0 Å². The first-order chi connectivity index (χ1) is 8.66. The van der Waals surface area contributed by atoms with Gasteiger partial charge in [0.25, 0.3) is 0 Å². The monoisotopic (exact) mass is 248 g/mol. The number of anilines is 1. The van der Waals surface area contributed by atoms with Crippen molar-refractivity contribution in [1.82, 2.24) is 4.90 Å². The molecule has 0 spiro atoms. The van der Waals surface area contributed by atoms with Crippen LogP contribution in [0, 0.1) is 0 Å². The van der Waals surface area contributed by atoms with E-state index in [1.54, 1.807) is 0 Å². The predicted molar refractivity (Wildman–Crippen MR) is 75.8 cm³/mol. The van der Waals surface area contributed by atoms with Crippen LogP contribution in [0.15, 0.2) is 24.3 Å². The van der Waals surface area contributed by atoms with Gasteiger partial charge in [0.2, 0.25) is 0 Å². The van der Waals surface area contributed by atoms with Crippen molar-refractivity contribution in [1.29, 1.82) is 0 Å². The second-order valence-electron chi connectivity index (χ2n) is 5.34. The van der Waals surface area contributed by atoms with Crippen LogP contribution < -0.4 is 5.73 Å². The fraction of sp³-hybridized carbons (Fsp3) is 0.600. The molecule has 0 saturated heterocycles. The molecule has 2 N–H and O–H groups in total. The van der Waals surface area contributed by atoms with Gasteiger partial charge in [-0.05, 0) is 44.5 Å². The summed E-state index contributed by atoms with van der Waals surface area (Å²) in [5, 5.41) is 0. The number of likely N-dealkylation sites (N-methyl/N-ethyl adjacent to an activating group) is 1. The molecule has 0 heterocycles. The van der Waals surface area contributed by atoms with Crippen molar-refractivity contribution in [3.05, 3.63) is 29.8 Å². The summed E-state index contributed by atoms with van der Waals surface area (Å²) >= 11 is 0. The van der Waals surface area contributed by atoms with E-state index in [0.717, 1.165) is 32.0 Å². The predicted octanol–water partition coefficient (Wildman–Crippen LogP) is 2.27. The number of nitrogens with two attached hydrogens (primary N) is 1. The maximum absolute atomic E-state index is 5.75. The molecule has 18 heavy (non-hydrogen) atoms. The second kappa shape index (κ2) is 5.72. The fourth-order valence-corrected chi connectivity index (χ4v) is 2.49. The summed E-state index contributed by atoms with van der Waals surface area (Å²) in [6.07, 6.45) is 2.58. The Labute approximate surface area is 110 Å². The molecule has 1 aromatic rings. The minimum Gasteiger partial charge on any atom is -0.399 e. The van der Waals surface area contributed by atoms with Crippen molar-refractivity contribution >= 4 is 5.69 Å². The third kappa shape index (κ3) is 3.24. The van der Waals surface area contributed by atoms with Crippen LogP contribution in [0.5, 0.6) is 0 Å². The van der Waals surface area contributed by atoms with Crippen molar-refractivity contribution in [2.45, 2.75) is 25.2 Å². The van der Waals surface area contributed by atoms with Crippen LogP contribution in [0.4, 0.5) is 5.69 Å². The molecule has 0 amide bonds. The molecule has 100 valence electrons. The Morgan fingerprint density at radius 2 is 1.94 bits per heavy atom. The van der Waals surface area contributed by atoms with Crippen LogP contribution >= 0.6 is 0 Å². The van der Waals surface area contributed by atoms with E-state index in [1.165, 1.54) is 18.4 Å². The molecule has 1 aliphatic carbocycles. The van der Waals surface area contributed by atoms with Crippen LogP contribution in [0.25, 0.3) is 0 Å². The fourth-order valence-electron chi connectivity index (χ4n) is 2.49. The SMILES string of the molecule is CCOCCN(C)CC1(c2ccc(N)cc2)CC1. The quantitative estimate of drug-likeness (QED) is 0.594. The highest BCUT2D eigenvalue weighted by Gasteiger charge is 2.44. The number of nitrogens with zero attached hydrogens (tertiary/aromatic N) is 1. The zero-order chi connectivity index (χ0) is 13.0. The van der Waals surface area contributed by atoms with Gasteiger partial charge >= 0.3 is 0 Å². The topological polar surface area (TPSA) is 38.5 Å². The molecule has 0 aromatic heterocycles.